The molecule has 1 aromatic carbocycles. The minimum absolute atomic E-state index is 0.933. The zero-order chi connectivity index (χ0) is 10.4. The number of rotatable bonds is 5. The fourth-order valence-corrected chi connectivity index (χ4v) is 1.98. The van der Waals surface area contributed by atoms with Crippen LogP contribution in [0.4, 0.5) is 0 Å². The maximum Gasteiger partial charge on any atom is 0.119 e. The molecule has 0 bridgehead atoms. The van der Waals surface area contributed by atoms with E-state index >= 15 is 0 Å². The highest BCUT2D eigenvalue weighted by Gasteiger charge is 2.02. The van der Waals surface area contributed by atoms with Crippen molar-refractivity contribution in [3.05, 3.63) is 23.8 Å². The summed E-state index contributed by atoms with van der Waals surface area (Å²) in [6, 6.07) is 6.25. The molecule has 0 heterocycles. The molecule has 0 aromatic heterocycles. The molecule has 1 aromatic rings. The lowest BCUT2D eigenvalue weighted by Crippen LogP contribution is -2.10. The van der Waals surface area contributed by atoms with Crippen LogP contribution in [0.2, 0.25) is 0 Å². The number of nitrogens with one attached hydrogen (secondary N) is 1. The van der Waals surface area contributed by atoms with E-state index in [1.54, 1.807) is 18.9 Å². The van der Waals surface area contributed by atoms with Crippen LogP contribution in [0.15, 0.2) is 23.1 Å². The second-order valence-corrected chi connectivity index (χ2v) is 3.88. The van der Waals surface area contributed by atoms with E-state index in [9.17, 15) is 0 Å². The minimum Gasteiger partial charge on any atom is -0.497 e. The molecule has 0 spiro atoms. The van der Waals surface area contributed by atoms with Crippen LogP contribution in [0.1, 0.15) is 5.56 Å². The molecule has 0 saturated heterocycles. The van der Waals surface area contributed by atoms with Gasteiger partial charge in [0.1, 0.15) is 5.75 Å². The summed E-state index contributed by atoms with van der Waals surface area (Å²) >= 11 is 1.77. The molecule has 0 unspecified atom stereocenters. The number of hydrogen-bond acceptors (Lipinski definition) is 3. The van der Waals surface area contributed by atoms with Gasteiger partial charge in [-0.1, -0.05) is 6.07 Å². The second-order valence-electron chi connectivity index (χ2n) is 3.03. The summed E-state index contributed by atoms with van der Waals surface area (Å²) in [5.74, 6) is 0.933. The molecule has 14 heavy (non-hydrogen) atoms. The van der Waals surface area contributed by atoms with Gasteiger partial charge in [0.05, 0.1) is 7.11 Å². The predicted molar refractivity (Wildman–Crippen MR) is 62.4 cm³/mol. The summed E-state index contributed by atoms with van der Waals surface area (Å²) in [6.45, 7) is 1.01. The van der Waals surface area contributed by atoms with Crippen LogP contribution in [0.3, 0.4) is 0 Å². The quantitative estimate of drug-likeness (QED) is 0.754. The molecule has 3 heteroatoms. The van der Waals surface area contributed by atoms with Crippen molar-refractivity contribution in [2.45, 2.75) is 11.3 Å². The Kier molecular flexibility index (Phi) is 4.84. The van der Waals surface area contributed by atoms with Crippen molar-refractivity contribution in [1.29, 1.82) is 0 Å². The predicted octanol–water partition coefficient (Wildman–Crippen LogP) is 2.18. The first-order valence-corrected chi connectivity index (χ1v) is 5.89. The lowest BCUT2D eigenvalue weighted by atomic mass is 10.1. The normalized spacial score (nSPS) is 10.2. The van der Waals surface area contributed by atoms with Gasteiger partial charge in [-0.15, -0.1) is 11.8 Å². The van der Waals surface area contributed by atoms with Gasteiger partial charge < -0.3 is 10.1 Å². The van der Waals surface area contributed by atoms with Gasteiger partial charge in [0.15, 0.2) is 0 Å². The largest absolute Gasteiger partial charge is 0.497 e. The third-order valence-electron chi connectivity index (χ3n) is 2.14. The fraction of sp³-hybridized carbons (Fsp3) is 0.455. The summed E-state index contributed by atoms with van der Waals surface area (Å²) in [5, 5.41) is 3.16. The van der Waals surface area contributed by atoms with E-state index < -0.39 is 0 Å². The van der Waals surface area contributed by atoms with E-state index in [1.807, 2.05) is 13.1 Å². The molecule has 0 atom stereocenters. The highest BCUT2D eigenvalue weighted by molar-refractivity contribution is 7.98. The zero-order valence-electron chi connectivity index (χ0n) is 8.96. The van der Waals surface area contributed by atoms with E-state index in [-0.39, 0.29) is 0 Å². The number of hydrogen-bond donors (Lipinski definition) is 1. The fourth-order valence-electron chi connectivity index (χ4n) is 1.32. The molecule has 0 saturated carbocycles. The first kappa shape index (κ1) is 11.4. The average Bonchev–Trinajstić information content (AvgIpc) is 2.26. The summed E-state index contributed by atoms with van der Waals surface area (Å²) in [7, 11) is 3.68. The van der Waals surface area contributed by atoms with Crippen LogP contribution in [0.25, 0.3) is 0 Å². The van der Waals surface area contributed by atoms with Crippen molar-refractivity contribution in [2.75, 3.05) is 27.0 Å². The maximum absolute atomic E-state index is 5.19. The summed E-state index contributed by atoms with van der Waals surface area (Å²) < 4.78 is 5.19. The first-order chi connectivity index (χ1) is 6.81. The van der Waals surface area contributed by atoms with Crippen molar-refractivity contribution in [1.82, 2.24) is 5.32 Å². The third-order valence-corrected chi connectivity index (χ3v) is 2.96. The Morgan fingerprint density at radius 1 is 1.43 bits per heavy atom. The van der Waals surface area contributed by atoms with Crippen molar-refractivity contribution in [3.63, 3.8) is 0 Å². The van der Waals surface area contributed by atoms with Gasteiger partial charge in [-0.05, 0) is 44.0 Å². The summed E-state index contributed by atoms with van der Waals surface area (Å²) in [5.41, 5.74) is 1.38. The molecule has 0 fully saturated rings. The van der Waals surface area contributed by atoms with Gasteiger partial charge in [-0.2, -0.15) is 0 Å². The van der Waals surface area contributed by atoms with Crippen molar-refractivity contribution >= 4 is 11.8 Å². The van der Waals surface area contributed by atoms with Gasteiger partial charge >= 0.3 is 0 Å². The van der Waals surface area contributed by atoms with E-state index in [0.29, 0.717) is 0 Å². The van der Waals surface area contributed by atoms with Crippen molar-refractivity contribution in [2.24, 2.45) is 0 Å². The van der Waals surface area contributed by atoms with Gasteiger partial charge in [0.2, 0.25) is 0 Å². The lowest BCUT2D eigenvalue weighted by Gasteiger charge is -2.09. The number of benzene rings is 1. The standard InChI is InChI=1S/C11H17NOS/c1-12-7-6-9-4-5-10(13-2)8-11(9)14-3/h4-5,8,12H,6-7H2,1-3H3. The van der Waals surface area contributed by atoms with Crippen molar-refractivity contribution < 1.29 is 4.74 Å². The Morgan fingerprint density at radius 2 is 2.21 bits per heavy atom. The molecule has 1 N–H and O–H groups in total. The lowest BCUT2D eigenvalue weighted by molar-refractivity contribution is 0.413. The van der Waals surface area contributed by atoms with Gasteiger partial charge in [-0.25, -0.2) is 0 Å². The molecular formula is C11H17NOS. The van der Waals surface area contributed by atoms with E-state index in [1.165, 1.54) is 10.5 Å². The summed E-state index contributed by atoms with van der Waals surface area (Å²) in [6.07, 6.45) is 3.16. The van der Waals surface area contributed by atoms with Crippen LogP contribution < -0.4 is 10.1 Å². The Balaban J connectivity index is 2.82. The number of thioether (sulfide) groups is 1. The van der Waals surface area contributed by atoms with E-state index in [4.69, 9.17) is 4.74 Å². The monoisotopic (exact) mass is 211 g/mol. The Bertz CT molecular complexity index is 289. The molecule has 1 rings (SSSR count). The van der Waals surface area contributed by atoms with Crippen molar-refractivity contribution in [3.8, 4) is 5.75 Å². The average molecular weight is 211 g/mol. The first-order valence-electron chi connectivity index (χ1n) is 4.67. The van der Waals surface area contributed by atoms with Crippen LogP contribution in [-0.2, 0) is 6.42 Å². The Labute approximate surface area is 90.0 Å². The highest BCUT2D eigenvalue weighted by atomic mass is 32.2. The molecule has 0 amide bonds. The zero-order valence-corrected chi connectivity index (χ0v) is 9.78. The van der Waals surface area contributed by atoms with Crippen LogP contribution in [-0.4, -0.2) is 27.0 Å². The van der Waals surface area contributed by atoms with E-state index in [2.05, 4.69) is 23.7 Å². The SMILES string of the molecule is CNCCc1ccc(OC)cc1SC. The van der Waals surface area contributed by atoms with Gasteiger partial charge in [0.25, 0.3) is 0 Å². The Morgan fingerprint density at radius 3 is 2.79 bits per heavy atom. The second kappa shape index (κ2) is 5.94. The smallest absolute Gasteiger partial charge is 0.119 e. The molecule has 0 aliphatic heterocycles. The molecule has 0 aliphatic rings. The molecular weight excluding hydrogens is 194 g/mol. The third kappa shape index (κ3) is 2.93. The maximum atomic E-state index is 5.19. The number of likely N-dealkylation sites (N-methyl/N-ethyl adjacent to an activating group) is 1. The van der Waals surface area contributed by atoms with Crippen LogP contribution in [0, 0.1) is 0 Å². The minimum atomic E-state index is 0.933. The van der Waals surface area contributed by atoms with Crippen LogP contribution >= 0.6 is 11.8 Å². The van der Waals surface area contributed by atoms with Gasteiger partial charge in [-0.3, -0.25) is 0 Å². The highest BCUT2D eigenvalue weighted by Crippen LogP contribution is 2.25. The summed E-state index contributed by atoms with van der Waals surface area (Å²) in [4.78, 5) is 1.31. The topological polar surface area (TPSA) is 21.3 Å². The Hall–Kier alpha value is -0.670. The molecule has 0 radical (unpaired) electrons. The number of ether oxygens (including phenoxy) is 1. The molecule has 2 nitrogen and oxygen atoms in total. The number of methoxy groups -OCH3 is 1. The van der Waals surface area contributed by atoms with Gasteiger partial charge in [0, 0.05) is 4.90 Å². The van der Waals surface area contributed by atoms with E-state index in [0.717, 1.165) is 18.7 Å². The van der Waals surface area contributed by atoms with Crippen LogP contribution in [0.5, 0.6) is 5.75 Å². The molecule has 78 valence electrons. The molecule has 0 aliphatic carbocycles.